The van der Waals surface area contributed by atoms with Crippen molar-refractivity contribution in [3.63, 3.8) is 0 Å². The molecule has 3 N–H and O–H groups in total. The van der Waals surface area contributed by atoms with Crippen molar-refractivity contribution >= 4 is 42.3 Å². The van der Waals surface area contributed by atoms with Gasteiger partial charge in [-0.1, -0.05) is 0 Å². The molecule has 7 nitrogen and oxygen atoms in total. The van der Waals surface area contributed by atoms with E-state index in [1.807, 2.05) is 0 Å². The summed E-state index contributed by atoms with van der Waals surface area (Å²) in [5.41, 5.74) is 0.699. The first-order valence-corrected chi connectivity index (χ1v) is 7.02. The van der Waals surface area contributed by atoms with Crippen molar-refractivity contribution < 1.29 is 14.3 Å². The normalized spacial score (nSPS) is 16.4. The molecular formula is C14H22Cl2N4O3. The van der Waals surface area contributed by atoms with Gasteiger partial charge in [0.1, 0.15) is 0 Å². The fourth-order valence-corrected chi connectivity index (χ4v) is 2.02. The van der Waals surface area contributed by atoms with Gasteiger partial charge in [0.2, 0.25) is 11.8 Å². The quantitative estimate of drug-likeness (QED) is 0.692. The number of nitrogens with one attached hydrogen (secondary N) is 3. The molecule has 1 saturated heterocycles. The van der Waals surface area contributed by atoms with Crippen LogP contribution in [0.2, 0.25) is 0 Å². The van der Waals surface area contributed by atoms with Crippen LogP contribution in [-0.2, 0) is 14.3 Å². The maximum Gasteiger partial charge on any atom is 0.226 e. The molecule has 1 aliphatic heterocycles. The second-order valence-electron chi connectivity index (χ2n) is 4.81. The topological polar surface area (TPSA) is 92.4 Å². The standard InChI is InChI=1S/C14H20N4O3.2ClH/c19-13(18-11-1-4-15-5-2-11)3-6-17-14(20)9-12-10-21-8-7-16-12;;/h1-2,4-5,12,16H,3,6-10H2,(H,17,20)(H,15,18,19);2*1H. The number of rotatable bonds is 6. The number of aromatic nitrogens is 1. The molecule has 1 aromatic heterocycles. The SMILES string of the molecule is Cl.Cl.O=C(CC1COCCN1)NCCC(=O)Nc1ccncc1. The van der Waals surface area contributed by atoms with Gasteiger partial charge in [0, 0.05) is 50.1 Å². The predicted octanol–water partition coefficient (Wildman–Crippen LogP) is 0.748. The van der Waals surface area contributed by atoms with Gasteiger partial charge < -0.3 is 20.7 Å². The molecular weight excluding hydrogens is 343 g/mol. The largest absolute Gasteiger partial charge is 0.378 e. The zero-order valence-electron chi connectivity index (χ0n) is 12.6. The number of nitrogens with zero attached hydrogens (tertiary/aromatic N) is 1. The highest BCUT2D eigenvalue weighted by Crippen LogP contribution is 2.03. The molecule has 1 unspecified atom stereocenters. The Morgan fingerprint density at radius 1 is 1.26 bits per heavy atom. The summed E-state index contributed by atoms with van der Waals surface area (Å²) in [7, 11) is 0. The van der Waals surface area contributed by atoms with Gasteiger partial charge in [0.25, 0.3) is 0 Å². The Labute approximate surface area is 147 Å². The van der Waals surface area contributed by atoms with Crippen molar-refractivity contribution in [3.05, 3.63) is 24.5 Å². The fraction of sp³-hybridized carbons (Fsp3) is 0.500. The number of pyridine rings is 1. The molecule has 0 saturated carbocycles. The lowest BCUT2D eigenvalue weighted by molar-refractivity contribution is -0.122. The molecule has 9 heteroatoms. The summed E-state index contributed by atoms with van der Waals surface area (Å²) in [6.07, 6.45) is 3.82. The van der Waals surface area contributed by atoms with Crippen LogP contribution in [-0.4, -0.2) is 49.1 Å². The monoisotopic (exact) mass is 364 g/mol. The van der Waals surface area contributed by atoms with Gasteiger partial charge in [-0.05, 0) is 12.1 Å². The van der Waals surface area contributed by atoms with Crippen LogP contribution in [0.3, 0.4) is 0 Å². The molecule has 1 fully saturated rings. The van der Waals surface area contributed by atoms with E-state index in [1.165, 1.54) is 0 Å². The molecule has 0 aliphatic carbocycles. The maximum absolute atomic E-state index is 11.7. The van der Waals surface area contributed by atoms with E-state index in [9.17, 15) is 9.59 Å². The molecule has 2 rings (SSSR count). The fourth-order valence-electron chi connectivity index (χ4n) is 2.02. The molecule has 2 heterocycles. The molecule has 1 aliphatic rings. The van der Waals surface area contributed by atoms with Crippen LogP contribution in [0, 0.1) is 0 Å². The van der Waals surface area contributed by atoms with Crippen molar-refractivity contribution in [2.45, 2.75) is 18.9 Å². The Balaban J connectivity index is 0.00000242. The Morgan fingerprint density at radius 2 is 2.00 bits per heavy atom. The molecule has 0 bridgehead atoms. The van der Waals surface area contributed by atoms with Gasteiger partial charge in [-0.15, -0.1) is 24.8 Å². The highest BCUT2D eigenvalue weighted by Gasteiger charge is 2.16. The van der Waals surface area contributed by atoms with Gasteiger partial charge in [-0.3, -0.25) is 14.6 Å². The summed E-state index contributed by atoms with van der Waals surface area (Å²) >= 11 is 0. The number of amides is 2. The molecule has 1 atom stereocenters. The van der Waals surface area contributed by atoms with Crippen LogP contribution in [0.5, 0.6) is 0 Å². The number of hydrogen-bond donors (Lipinski definition) is 3. The molecule has 0 spiro atoms. The van der Waals surface area contributed by atoms with Crippen molar-refractivity contribution in [2.75, 3.05) is 31.6 Å². The van der Waals surface area contributed by atoms with Gasteiger partial charge in [-0.25, -0.2) is 0 Å². The van der Waals surface area contributed by atoms with Crippen LogP contribution in [0.25, 0.3) is 0 Å². The third-order valence-corrected chi connectivity index (χ3v) is 3.07. The van der Waals surface area contributed by atoms with Crippen LogP contribution in [0.1, 0.15) is 12.8 Å². The average molecular weight is 365 g/mol. The van der Waals surface area contributed by atoms with Gasteiger partial charge in [0.05, 0.1) is 13.2 Å². The summed E-state index contributed by atoms with van der Waals surface area (Å²) in [5.74, 6) is -0.213. The van der Waals surface area contributed by atoms with E-state index in [-0.39, 0.29) is 49.1 Å². The number of carbonyl (C=O) groups is 2. The van der Waals surface area contributed by atoms with E-state index >= 15 is 0 Å². The third-order valence-electron chi connectivity index (χ3n) is 3.07. The molecule has 23 heavy (non-hydrogen) atoms. The van der Waals surface area contributed by atoms with Crippen molar-refractivity contribution in [1.82, 2.24) is 15.6 Å². The number of anilines is 1. The lowest BCUT2D eigenvalue weighted by Gasteiger charge is -2.23. The minimum absolute atomic E-state index is 0. The number of halogens is 2. The lowest BCUT2D eigenvalue weighted by atomic mass is 10.2. The Bertz CT molecular complexity index is 470. The summed E-state index contributed by atoms with van der Waals surface area (Å²) in [5, 5.41) is 8.68. The van der Waals surface area contributed by atoms with Gasteiger partial charge in [-0.2, -0.15) is 0 Å². The van der Waals surface area contributed by atoms with E-state index in [0.717, 1.165) is 6.54 Å². The van der Waals surface area contributed by atoms with E-state index in [1.54, 1.807) is 24.5 Å². The molecule has 0 radical (unpaired) electrons. The zero-order chi connectivity index (χ0) is 14.9. The lowest BCUT2D eigenvalue weighted by Crippen LogP contribution is -2.44. The molecule has 1 aromatic rings. The highest BCUT2D eigenvalue weighted by molar-refractivity contribution is 5.91. The van der Waals surface area contributed by atoms with Crippen molar-refractivity contribution in [3.8, 4) is 0 Å². The summed E-state index contributed by atoms with van der Waals surface area (Å²) in [4.78, 5) is 27.2. The Hall–Kier alpha value is -1.41. The van der Waals surface area contributed by atoms with Gasteiger partial charge >= 0.3 is 0 Å². The second kappa shape index (κ2) is 12.1. The third kappa shape index (κ3) is 8.71. The Kier molecular flexibility index (Phi) is 11.3. The number of morpholine rings is 1. The first-order chi connectivity index (χ1) is 10.2. The summed E-state index contributed by atoms with van der Waals surface area (Å²) < 4.78 is 5.28. The maximum atomic E-state index is 11.7. The van der Waals surface area contributed by atoms with Crippen molar-refractivity contribution in [1.29, 1.82) is 0 Å². The Morgan fingerprint density at radius 3 is 2.65 bits per heavy atom. The zero-order valence-corrected chi connectivity index (χ0v) is 14.3. The average Bonchev–Trinajstić information content (AvgIpc) is 2.49. The number of hydrogen-bond acceptors (Lipinski definition) is 5. The van der Waals surface area contributed by atoms with E-state index in [2.05, 4.69) is 20.9 Å². The number of ether oxygens (including phenoxy) is 1. The van der Waals surface area contributed by atoms with Crippen LogP contribution in [0.15, 0.2) is 24.5 Å². The van der Waals surface area contributed by atoms with E-state index in [0.29, 0.717) is 31.9 Å². The number of carbonyl (C=O) groups excluding carboxylic acids is 2. The van der Waals surface area contributed by atoms with Crippen LogP contribution >= 0.6 is 24.8 Å². The summed E-state index contributed by atoms with van der Waals surface area (Å²) in [6.45, 7) is 2.33. The van der Waals surface area contributed by atoms with E-state index in [4.69, 9.17) is 4.74 Å². The minimum Gasteiger partial charge on any atom is -0.378 e. The van der Waals surface area contributed by atoms with Gasteiger partial charge in [0.15, 0.2) is 0 Å². The van der Waals surface area contributed by atoms with Crippen LogP contribution < -0.4 is 16.0 Å². The minimum atomic E-state index is -0.138. The predicted molar refractivity (Wildman–Crippen MR) is 92.2 cm³/mol. The first-order valence-electron chi connectivity index (χ1n) is 7.02. The molecule has 0 aromatic carbocycles. The smallest absolute Gasteiger partial charge is 0.226 e. The highest BCUT2D eigenvalue weighted by atomic mass is 35.5. The first kappa shape index (κ1) is 21.6. The molecule has 2 amide bonds. The van der Waals surface area contributed by atoms with Crippen molar-refractivity contribution in [2.24, 2.45) is 0 Å². The molecule has 130 valence electrons. The summed E-state index contributed by atoms with van der Waals surface area (Å²) in [6, 6.07) is 3.49. The van der Waals surface area contributed by atoms with Crippen LogP contribution in [0.4, 0.5) is 5.69 Å². The second-order valence-corrected chi connectivity index (χ2v) is 4.81. The van der Waals surface area contributed by atoms with E-state index < -0.39 is 0 Å².